The molecule has 1 rings (SSSR count). The van der Waals surface area contributed by atoms with Crippen LogP contribution in [-0.4, -0.2) is 91.9 Å². The lowest BCUT2D eigenvalue weighted by Gasteiger charge is -2.18. The third-order valence-corrected chi connectivity index (χ3v) is 9.00. The lowest BCUT2D eigenvalue weighted by molar-refractivity contribution is -0.160. The van der Waals surface area contributed by atoms with E-state index in [2.05, 4.69) is 24.2 Å². The van der Waals surface area contributed by atoms with E-state index in [4.69, 9.17) is 28.4 Å². The normalized spacial score (nSPS) is 12.5. The third kappa shape index (κ3) is 30.5. The molecule has 0 bridgehead atoms. The van der Waals surface area contributed by atoms with E-state index in [-0.39, 0.29) is 56.8 Å². The Labute approximate surface area is 321 Å². The average Bonchev–Trinajstić information content (AvgIpc) is 3.60. The Kier molecular flexibility index (Phi) is 32.1. The Balaban J connectivity index is 2.46. The number of unbranched alkanes of at least 4 members (excludes halogenated alkanes) is 16. The summed E-state index contributed by atoms with van der Waals surface area (Å²) in [5.74, 6) is -0.936. The number of hydrogen-bond donors (Lipinski definition) is 0. The Hall–Kier alpha value is -2.57. The number of esters is 3. The van der Waals surface area contributed by atoms with Gasteiger partial charge >= 0.3 is 17.9 Å². The van der Waals surface area contributed by atoms with E-state index in [9.17, 15) is 14.4 Å². The van der Waals surface area contributed by atoms with E-state index in [1.165, 1.54) is 77.0 Å². The largest absolute Gasteiger partial charge is 0.463 e. The van der Waals surface area contributed by atoms with Crippen molar-refractivity contribution in [3.05, 3.63) is 11.9 Å². The fourth-order valence-corrected chi connectivity index (χ4v) is 5.85. The fraction of sp³-hybridized carbons (Fsp3) is 0.878. The molecule has 53 heavy (non-hydrogen) atoms. The maximum absolute atomic E-state index is 12.8. The van der Waals surface area contributed by atoms with Crippen LogP contribution in [0.1, 0.15) is 168 Å². The van der Waals surface area contributed by atoms with Gasteiger partial charge in [0.1, 0.15) is 13.2 Å². The number of aromatic nitrogens is 3. The van der Waals surface area contributed by atoms with Gasteiger partial charge in [-0.15, -0.1) is 5.10 Å². The van der Waals surface area contributed by atoms with Crippen molar-refractivity contribution in [3.8, 4) is 0 Å². The van der Waals surface area contributed by atoms with E-state index in [1.54, 1.807) is 18.0 Å². The van der Waals surface area contributed by atoms with Crippen LogP contribution in [0.2, 0.25) is 0 Å². The van der Waals surface area contributed by atoms with Crippen molar-refractivity contribution in [2.75, 3.05) is 46.8 Å². The standard InChI is InChI=1S/C41H75N3O9/c1-5-7-9-11-13-15-17-19-21-24-39(45)52-35-38(53-41(47)25-22-20-18-16-14-12-10-8-6-2)33-44-32-37(42-43-44)26-27-40(46)51-31-30-50-36(3)34-49-29-23-28-48-4/h32,36,38H,5-31,33-35H2,1-4H3. The topological polar surface area (TPSA) is 137 Å². The van der Waals surface area contributed by atoms with E-state index < -0.39 is 6.10 Å². The summed E-state index contributed by atoms with van der Waals surface area (Å²) >= 11 is 0. The predicted molar refractivity (Wildman–Crippen MR) is 207 cm³/mol. The van der Waals surface area contributed by atoms with Crippen molar-refractivity contribution in [3.63, 3.8) is 0 Å². The maximum Gasteiger partial charge on any atom is 0.306 e. The maximum atomic E-state index is 12.8. The molecule has 12 nitrogen and oxygen atoms in total. The highest BCUT2D eigenvalue weighted by molar-refractivity contribution is 5.70. The first-order valence-corrected chi connectivity index (χ1v) is 21.0. The number of ether oxygens (including phenoxy) is 6. The molecule has 2 atom stereocenters. The molecule has 0 radical (unpaired) electrons. The van der Waals surface area contributed by atoms with Gasteiger partial charge in [0.2, 0.25) is 0 Å². The molecule has 0 fully saturated rings. The van der Waals surface area contributed by atoms with Gasteiger partial charge < -0.3 is 28.4 Å². The molecule has 1 heterocycles. The van der Waals surface area contributed by atoms with E-state index >= 15 is 0 Å². The van der Waals surface area contributed by atoms with Crippen LogP contribution in [0.5, 0.6) is 0 Å². The molecule has 0 N–H and O–H groups in total. The lowest BCUT2D eigenvalue weighted by atomic mass is 10.1. The van der Waals surface area contributed by atoms with Crippen LogP contribution in [0.3, 0.4) is 0 Å². The minimum Gasteiger partial charge on any atom is -0.463 e. The smallest absolute Gasteiger partial charge is 0.306 e. The van der Waals surface area contributed by atoms with Crippen molar-refractivity contribution < 1.29 is 42.8 Å². The van der Waals surface area contributed by atoms with E-state index in [1.807, 2.05) is 6.92 Å². The van der Waals surface area contributed by atoms with Crippen LogP contribution in [0.25, 0.3) is 0 Å². The predicted octanol–water partition coefficient (Wildman–Crippen LogP) is 8.51. The molecule has 0 amide bonds. The van der Waals surface area contributed by atoms with Crippen molar-refractivity contribution in [2.24, 2.45) is 0 Å². The molecule has 308 valence electrons. The Morgan fingerprint density at radius 2 is 1.21 bits per heavy atom. The number of hydrogen-bond acceptors (Lipinski definition) is 11. The average molecular weight is 754 g/mol. The molecule has 1 aromatic heterocycles. The van der Waals surface area contributed by atoms with Gasteiger partial charge in [-0.05, 0) is 26.2 Å². The minimum absolute atomic E-state index is 0.0398. The van der Waals surface area contributed by atoms with Crippen LogP contribution >= 0.6 is 0 Å². The highest BCUT2D eigenvalue weighted by atomic mass is 16.6. The summed E-state index contributed by atoms with van der Waals surface area (Å²) in [5.41, 5.74) is 0.611. The summed E-state index contributed by atoms with van der Waals surface area (Å²) in [7, 11) is 1.66. The van der Waals surface area contributed by atoms with Crippen molar-refractivity contribution in [2.45, 2.75) is 187 Å². The molecule has 12 heteroatoms. The molecule has 0 aromatic carbocycles. The molecular formula is C41H75N3O9. The molecule has 0 aliphatic heterocycles. The molecular weight excluding hydrogens is 678 g/mol. The zero-order valence-corrected chi connectivity index (χ0v) is 34.0. The second-order valence-electron chi connectivity index (χ2n) is 14.2. The number of carbonyl (C=O) groups excluding carboxylic acids is 3. The van der Waals surface area contributed by atoms with Gasteiger partial charge in [0.05, 0.1) is 38.0 Å². The van der Waals surface area contributed by atoms with Gasteiger partial charge in [0.25, 0.3) is 0 Å². The highest BCUT2D eigenvalue weighted by Crippen LogP contribution is 2.13. The van der Waals surface area contributed by atoms with Crippen molar-refractivity contribution in [1.82, 2.24) is 15.0 Å². The van der Waals surface area contributed by atoms with Crippen LogP contribution < -0.4 is 0 Å². The summed E-state index contributed by atoms with van der Waals surface area (Å²) in [4.78, 5) is 37.6. The number of rotatable bonds is 38. The van der Waals surface area contributed by atoms with Crippen molar-refractivity contribution in [1.29, 1.82) is 0 Å². The second-order valence-corrected chi connectivity index (χ2v) is 14.2. The fourth-order valence-electron chi connectivity index (χ4n) is 5.85. The SMILES string of the molecule is CCCCCCCCCCCC(=O)OCC(Cn1cc(CCC(=O)OCCOC(C)COCCCOC)nn1)OC(=O)CCCCCCCCCCC. The lowest BCUT2D eigenvalue weighted by Crippen LogP contribution is -2.30. The quantitative estimate of drug-likeness (QED) is 0.0365. The van der Waals surface area contributed by atoms with Gasteiger partial charge in [-0.2, -0.15) is 0 Å². The van der Waals surface area contributed by atoms with Crippen LogP contribution in [0.15, 0.2) is 6.20 Å². The molecule has 0 saturated carbocycles. The first-order valence-electron chi connectivity index (χ1n) is 21.0. The Morgan fingerprint density at radius 1 is 0.642 bits per heavy atom. The third-order valence-electron chi connectivity index (χ3n) is 9.00. The second kappa shape index (κ2) is 35.2. The molecule has 0 aliphatic carbocycles. The van der Waals surface area contributed by atoms with Crippen molar-refractivity contribution >= 4 is 17.9 Å². The Bertz CT molecular complexity index is 1020. The molecule has 0 aliphatic rings. The van der Waals surface area contributed by atoms with Gasteiger partial charge in [0.15, 0.2) is 6.10 Å². The monoisotopic (exact) mass is 754 g/mol. The van der Waals surface area contributed by atoms with Gasteiger partial charge in [-0.3, -0.25) is 14.4 Å². The Morgan fingerprint density at radius 3 is 1.81 bits per heavy atom. The zero-order valence-electron chi connectivity index (χ0n) is 34.0. The van der Waals surface area contributed by atoms with Crippen LogP contribution in [0, 0.1) is 0 Å². The summed E-state index contributed by atoms with van der Waals surface area (Å²) in [6.07, 6.45) is 24.0. The summed E-state index contributed by atoms with van der Waals surface area (Å²) < 4.78 is 34.4. The number of aryl methyl sites for hydroxylation is 1. The minimum atomic E-state index is -0.689. The summed E-state index contributed by atoms with van der Waals surface area (Å²) in [6.45, 7) is 8.69. The number of methoxy groups -OCH3 is 1. The highest BCUT2D eigenvalue weighted by Gasteiger charge is 2.19. The zero-order chi connectivity index (χ0) is 38.6. The first-order chi connectivity index (χ1) is 25.9. The van der Waals surface area contributed by atoms with Gasteiger partial charge in [-0.1, -0.05) is 122 Å². The first kappa shape index (κ1) is 48.4. The van der Waals surface area contributed by atoms with Crippen LogP contribution in [0.4, 0.5) is 0 Å². The molecule has 2 unspecified atom stereocenters. The summed E-state index contributed by atoms with van der Waals surface area (Å²) in [6, 6.07) is 0. The van der Waals surface area contributed by atoms with E-state index in [0.29, 0.717) is 44.8 Å². The number of carbonyl (C=O) groups is 3. The molecule has 0 spiro atoms. The molecule has 0 saturated heterocycles. The summed E-state index contributed by atoms with van der Waals surface area (Å²) in [5, 5.41) is 8.35. The van der Waals surface area contributed by atoms with Gasteiger partial charge in [-0.25, -0.2) is 4.68 Å². The molecule has 1 aromatic rings. The van der Waals surface area contributed by atoms with Gasteiger partial charge in [0, 0.05) is 45.8 Å². The van der Waals surface area contributed by atoms with E-state index in [0.717, 1.165) is 44.9 Å². The van der Waals surface area contributed by atoms with Crippen LogP contribution in [-0.2, 0) is 55.8 Å². The number of nitrogens with zero attached hydrogens (tertiary/aromatic N) is 3.